The molecule has 2 rings (SSSR count). The fourth-order valence-corrected chi connectivity index (χ4v) is 2.21. The number of aryl methyl sites for hydroxylation is 1. The van der Waals surface area contributed by atoms with Gasteiger partial charge in [0.1, 0.15) is 5.56 Å². The Morgan fingerprint density at radius 3 is 2.54 bits per heavy atom. The topological polar surface area (TPSA) is 90.7 Å². The van der Waals surface area contributed by atoms with Crippen molar-refractivity contribution in [1.29, 1.82) is 0 Å². The van der Waals surface area contributed by atoms with E-state index in [1.807, 2.05) is 19.1 Å². The molecule has 0 saturated heterocycles. The first-order valence-corrected chi connectivity index (χ1v) is 7.34. The number of anilines is 1. The van der Waals surface area contributed by atoms with Gasteiger partial charge in [0.15, 0.2) is 11.5 Å². The highest BCUT2D eigenvalue weighted by Crippen LogP contribution is 2.35. The summed E-state index contributed by atoms with van der Waals surface area (Å²) in [6.45, 7) is 3.95. The molecule has 1 N–H and O–H groups in total. The van der Waals surface area contributed by atoms with E-state index in [-0.39, 0.29) is 22.7 Å². The molecular weight excluding hydrogens is 312 g/mol. The predicted molar refractivity (Wildman–Crippen MR) is 89.9 cm³/mol. The molecule has 126 valence electrons. The zero-order valence-corrected chi connectivity index (χ0v) is 13.7. The Kier molecular flexibility index (Phi) is 5.36. The highest BCUT2D eigenvalue weighted by molar-refractivity contribution is 6.07. The van der Waals surface area contributed by atoms with Crippen LogP contribution in [0.4, 0.5) is 11.4 Å². The number of ether oxygens (including phenoxy) is 2. The lowest BCUT2D eigenvalue weighted by molar-refractivity contribution is -0.385. The molecule has 0 aliphatic heterocycles. The molecule has 0 radical (unpaired) electrons. The number of hydrogen-bond donors (Lipinski definition) is 1. The zero-order valence-electron chi connectivity index (χ0n) is 13.7. The molecule has 0 atom stereocenters. The van der Waals surface area contributed by atoms with E-state index in [2.05, 4.69) is 5.32 Å². The van der Waals surface area contributed by atoms with Crippen molar-refractivity contribution < 1.29 is 19.2 Å². The minimum atomic E-state index is -0.620. The molecule has 0 aliphatic carbocycles. The Bertz CT molecular complexity index is 774. The third-order valence-corrected chi connectivity index (χ3v) is 3.42. The zero-order chi connectivity index (χ0) is 17.7. The monoisotopic (exact) mass is 330 g/mol. The number of nitrogens with one attached hydrogen (secondary N) is 1. The van der Waals surface area contributed by atoms with Crippen molar-refractivity contribution >= 4 is 17.3 Å². The van der Waals surface area contributed by atoms with Gasteiger partial charge in [-0.15, -0.1) is 0 Å². The van der Waals surface area contributed by atoms with Crippen LogP contribution >= 0.6 is 0 Å². The van der Waals surface area contributed by atoms with Crippen molar-refractivity contribution in [3.8, 4) is 11.5 Å². The number of methoxy groups -OCH3 is 1. The SMILES string of the molecule is CCOc1cc(C(=O)Nc2ccccc2C)c([N+](=O)[O-])cc1OC. The highest BCUT2D eigenvalue weighted by Gasteiger charge is 2.25. The van der Waals surface area contributed by atoms with E-state index in [9.17, 15) is 14.9 Å². The van der Waals surface area contributed by atoms with Crippen LogP contribution in [-0.4, -0.2) is 24.5 Å². The summed E-state index contributed by atoms with van der Waals surface area (Å²) in [7, 11) is 1.38. The van der Waals surface area contributed by atoms with Crippen LogP contribution in [0, 0.1) is 17.0 Å². The third-order valence-electron chi connectivity index (χ3n) is 3.42. The average molecular weight is 330 g/mol. The number of nitro benzene ring substituents is 1. The summed E-state index contributed by atoms with van der Waals surface area (Å²) < 4.78 is 10.5. The molecule has 2 aromatic rings. The smallest absolute Gasteiger partial charge is 0.286 e. The molecule has 0 bridgehead atoms. The summed E-state index contributed by atoms with van der Waals surface area (Å²) in [5.74, 6) is -0.101. The van der Waals surface area contributed by atoms with Crippen molar-refractivity contribution in [2.45, 2.75) is 13.8 Å². The number of rotatable bonds is 6. The maximum absolute atomic E-state index is 12.5. The van der Waals surface area contributed by atoms with E-state index in [4.69, 9.17) is 9.47 Å². The summed E-state index contributed by atoms with van der Waals surface area (Å²) in [6, 6.07) is 9.70. The summed E-state index contributed by atoms with van der Waals surface area (Å²) in [5.41, 5.74) is 1.01. The van der Waals surface area contributed by atoms with Gasteiger partial charge >= 0.3 is 0 Å². The second kappa shape index (κ2) is 7.45. The van der Waals surface area contributed by atoms with E-state index < -0.39 is 10.8 Å². The lowest BCUT2D eigenvalue weighted by Gasteiger charge is -2.12. The standard InChI is InChI=1S/C17H18N2O5/c1-4-24-16-9-12(14(19(21)22)10-15(16)23-3)17(20)18-13-8-6-5-7-11(13)2/h5-10H,4H2,1-3H3,(H,18,20). The van der Waals surface area contributed by atoms with Gasteiger partial charge in [-0.05, 0) is 25.5 Å². The van der Waals surface area contributed by atoms with Crippen LogP contribution in [0.2, 0.25) is 0 Å². The fraction of sp³-hybridized carbons (Fsp3) is 0.235. The first-order valence-electron chi connectivity index (χ1n) is 7.34. The van der Waals surface area contributed by atoms with Crippen LogP contribution in [-0.2, 0) is 0 Å². The van der Waals surface area contributed by atoms with Crippen molar-refractivity contribution in [1.82, 2.24) is 0 Å². The molecule has 0 fully saturated rings. The molecule has 0 spiro atoms. The summed E-state index contributed by atoms with van der Waals surface area (Å²) in [4.78, 5) is 23.2. The molecule has 2 aromatic carbocycles. The second-order valence-electron chi connectivity index (χ2n) is 4.98. The van der Waals surface area contributed by atoms with Gasteiger partial charge in [0.25, 0.3) is 11.6 Å². The lowest BCUT2D eigenvalue weighted by atomic mass is 10.1. The second-order valence-corrected chi connectivity index (χ2v) is 4.98. The number of amides is 1. The van der Waals surface area contributed by atoms with Gasteiger partial charge in [-0.2, -0.15) is 0 Å². The van der Waals surface area contributed by atoms with E-state index >= 15 is 0 Å². The maximum Gasteiger partial charge on any atom is 0.286 e. The highest BCUT2D eigenvalue weighted by atomic mass is 16.6. The third kappa shape index (κ3) is 3.62. The van der Waals surface area contributed by atoms with Crippen LogP contribution in [0.25, 0.3) is 0 Å². The number of hydrogen-bond acceptors (Lipinski definition) is 5. The number of carbonyl (C=O) groups excluding carboxylic acids is 1. The molecule has 1 amide bonds. The number of para-hydroxylation sites is 1. The Labute approximate surface area is 139 Å². The van der Waals surface area contributed by atoms with E-state index in [0.717, 1.165) is 5.56 Å². The van der Waals surface area contributed by atoms with E-state index in [1.165, 1.54) is 19.2 Å². The predicted octanol–water partition coefficient (Wildman–Crippen LogP) is 3.56. The van der Waals surface area contributed by atoms with E-state index in [1.54, 1.807) is 19.1 Å². The molecular formula is C17H18N2O5. The van der Waals surface area contributed by atoms with Gasteiger partial charge < -0.3 is 14.8 Å². The molecule has 0 unspecified atom stereocenters. The first kappa shape index (κ1) is 17.3. The van der Waals surface area contributed by atoms with Gasteiger partial charge in [-0.3, -0.25) is 14.9 Å². The normalized spacial score (nSPS) is 10.1. The van der Waals surface area contributed by atoms with Crippen molar-refractivity contribution in [3.05, 3.63) is 57.6 Å². The van der Waals surface area contributed by atoms with Gasteiger partial charge in [0.05, 0.1) is 24.7 Å². The minimum absolute atomic E-state index is 0.0903. The molecule has 0 heterocycles. The molecule has 7 nitrogen and oxygen atoms in total. The maximum atomic E-state index is 12.5. The van der Waals surface area contributed by atoms with Crippen molar-refractivity contribution in [2.24, 2.45) is 0 Å². The summed E-state index contributed by atoms with van der Waals surface area (Å²) >= 11 is 0. The molecule has 7 heteroatoms. The Morgan fingerprint density at radius 2 is 1.96 bits per heavy atom. The Hall–Kier alpha value is -3.09. The Balaban J connectivity index is 2.46. The van der Waals surface area contributed by atoms with Gasteiger partial charge in [-0.1, -0.05) is 18.2 Å². The van der Waals surface area contributed by atoms with Crippen molar-refractivity contribution in [3.63, 3.8) is 0 Å². The van der Waals surface area contributed by atoms with Crippen molar-refractivity contribution in [2.75, 3.05) is 19.0 Å². The quantitative estimate of drug-likeness (QED) is 0.646. The molecule has 0 saturated carbocycles. The summed E-state index contributed by atoms with van der Waals surface area (Å²) in [6.07, 6.45) is 0. The van der Waals surface area contributed by atoms with Crippen LogP contribution in [0.15, 0.2) is 36.4 Å². The number of benzene rings is 2. The van der Waals surface area contributed by atoms with Crippen LogP contribution in [0.3, 0.4) is 0 Å². The number of carbonyl (C=O) groups is 1. The average Bonchev–Trinajstić information content (AvgIpc) is 2.56. The molecule has 24 heavy (non-hydrogen) atoms. The van der Waals surface area contributed by atoms with Gasteiger partial charge in [-0.25, -0.2) is 0 Å². The number of nitro groups is 1. The van der Waals surface area contributed by atoms with E-state index in [0.29, 0.717) is 12.3 Å². The largest absolute Gasteiger partial charge is 0.493 e. The fourth-order valence-electron chi connectivity index (χ4n) is 2.21. The summed E-state index contributed by atoms with van der Waals surface area (Å²) in [5, 5.41) is 14.0. The van der Waals surface area contributed by atoms with Crippen LogP contribution in [0.5, 0.6) is 11.5 Å². The molecule has 0 aromatic heterocycles. The van der Waals surface area contributed by atoms with Gasteiger partial charge in [0, 0.05) is 11.8 Å². The number of nitrogens with zero attached hydrogens (tertiary/aromatic N) is 1. The van der Waals surface area contributed by atoms with Gasteiger partial charge in [0.2, 0.25) is 0 Å². The van der Waals surface area contributed by atoms with Crippen LogP contribution < -0.4 is 14.8 Å². The molecule has 0 aliphatic rings. The first-order chi connectivity index (χ1) is 11.5. The van der Waals surface area contributed by atoms with Crippen LogP contribution in [0.1, 0.15) is 22.8 Å². The minimum Gasteiger partial charge on any atom is -0.493 e. The Morgan fingerprint density at radius 1 is 1.25 bits per heavy atom. The lowest BCUT2D eigenvalue weighted by Crippen LogP contribution is -2.15.